The maximum Gasteiger partial charge on any atom is 0.266 e. The Labute approximate surface area is 292 Å². The Balaban J connectivity index is 0.000000194. The Morgan fingerprint density at radius 1 is 0.520 bits per heavy atom. The smallest absolute Gasteiger partial charge is 0.225 e. The van der Waals surface area contributed by atoms with E-state index in [0.29, 0.717) is 12.0 Å². The molecule has 2 aliphatic rings. The monoisotopic (exact) mass is 750 g/mol. The summed E-state index contributed by atoms with van der Waals surface area (Å²) < 4.78 is 111. The highest BCUT2D eigenvalue weighted by atomic mass is 35.5. The summed E-state index contributed by atoms with van der Waals surface area (Å²) in [6.07, 6.45) is -0.734. The van der Waals surface area contributed by atoms with Crippen LogP contribution < -0.4 is 10.3 Å². The van der Waals surface area contributed by atoms with Crippen molar-refractivity contribution in [2.75, 3.05) is 0 Å². The molecular formula is C36H32ClF5N2O4S2. The largest absolute Gasteiger partial charge is 0.266 e. The van der Waals surface area contributed by atoms with Crippen LogP contribution in [0.2, 0.25) is 5.02 Å². The third-order valence-electron chi connectivity index (χ3n) is 8.66. The average Bonchev–Trinajstić information content (AvgIpc) is 3.76. The zero-order valence-electron chi connectivity index (χ0n) is 26.4. The topological polar surface area (TPSA) is 120 Å². The molecule has 0 radical (unpaired) electrons. The van der Waals surface area contributed by atoms with Crippen molar-refractivity contribution < 1.29 is 38.8 Å². The molecule has 264 valence electrons. The average molecular weight is 751 g/mol. The van der Waals surface area contributed by atoms with Gasteiger partial charge in [-0.3, -0.25) is 0 Å². The van der Waals surface area contributed by atoms with Gasteiger partial charge in [0.1, 0.15) is 5.82 Å². The predicted molar refractivity (Wildman–Crippen MR) is 185 cm³/mol. The van der Waals surface area contributed by atoms with Crippen molar-refractivity contribution in [3.63, 3.8) is 0 Å². The molecular weight excluding hydrogens is 719 g/mol. The number of benzene rings is 4. The normalized spacial score (nSPS) is 15.2. The molecule has 4 aromatic carbocycles. The number of nitrogens with two attached hydrogens (primary N) is 2. The molecule has 0 atom stereocenters. The van der Waals surface area contributed by atoms with Crippen molar-refractivity contribution >= 4 is 53.9 Å². The van der Waals surface area contributed by atoms with Crippen LogP contribution in [0.5, 0.6) is 0 Å². The number of rotatable bonds is 8. The van der Waals surface area contributed by atoms with Crippen molar-refractivity contribution in [3.05, 3.63) is 129 Å². The molecule has 0 bridgehead atoms. The lowest BCUT2D eigenvalue weighted by Gasteiger charge is -2.11. The molecule has 0 heterocycles. The zero-order valence-corrected chi connectivity index (χ0v) is 28.7. The number of hydrogen-bond donors (Lipinski definition) is 2. The van der Waals surface area contributed by atoms with Crippen molar-refractivity contribution in [2.24, 2.45) is 10.3 Å². The summed E-state index contributed by atoms with van der Waals surface area (Å²) in [5.74, 6) is -0.920. The first-order valence-corrected chi connectivity index (χ1v) is 18.9. The van der Waals surface area contributed by atoms with E-state index in [4.69, 9.17) is 21.9 Å². The molecule has 0 saturated carbocycles. The van der Waals surface area contributed by atoms with E-state index >= 15 is 0 Å². The van der Waals surface area contributed by atoms with Gasteiger partial charge in [0.25, 0.3) is 12.9 Å². The van der Waals surface area contributed by atoms with Gasteiger partial charge in [0.05, 0.1) is 15.4 Å². The molecule has 0 amide bonds. The second kappa shape index (κ2) is 15.2. The second-order valence-corrected chi connectivity index (χ2v) is 15.4. The fourth-order valence-corrected chi connectivity index (χ4v) is 7.48. The van der Waals surface area contributed by atoms with Gasteiger partial charge in [-0.05, 0) is 132 Å². The minimum Gasteiger partial charge on any atom is -0.225 e. The van der Waals surface area contributed by atoms with Crippen LogP contribution >= 0.6 is 11.6 Å². The quantitative estimate of drug-likeness (QED) is 0.174. The van der Waals surface area contributed by atoms with Gasteiger partial charge in [-0.1, -0.05) is 48.0 Å². The van der Waals surface area contributed by atoms with Gasteiger partial charge in [0.2, 0.25) is 20.0 Å². The SMILES string of the molecule is NS(=O)(=O)c1ccc(C2=C(c3ccc(Cl)c(C(F)F)c3)CCC2)cc1.NS(=O)(=O)c1ccc(C2=C(c3ccc(F)c(C(F)F)c3)CCC2)cc1. The van der Waals surface area contributed by atoms with Crippen LogP contribution in [0, 0.1) is 5.82 Å². The van der Waals surface area contributed by atoms with Gasteiger partial charge in [-0.2, -0.15) is 0 Å². The summed E-state index contributed by atoms with van der Waals surface area (Å²) in [7, 11) is -7.51. The van der Waals surface area contributed by atoms with E-state index in [-0.39, 0.29) is 20.4 Å². The highest BCUT2D eigenvalue weighted by Gasteiger charge is 2.23. The fraction of sp³-hybridized carbons (Fsp3) is 0.222. The maximum atomic E-state index is 13.5. The van der Waals surface area contributed by atoms with Crippen LogP contribution in [0.25, 0.3) is 22.3 Å². The molecule has 50 heavy (non-hydrogen) atoms. The standard InChI is InChI=1S/C18H16ClF2NO2S.C18H16F3NO2S/c2*19-17-9-6-12(10-16(17)18(20)21)15-3-1-2-14(15)11-4-7-13(8-5-11)25(22,23)24/h2*4-10,18H,1-3H2,(H2,22,23,24). The zero-order chi connectivity index (χ0) is 36.4. The minimum absolute atomic E-state index is 0.0122. The van der Waals surface area contributed by atoms with E-state index in [2.05, 4.69) is 0 Å². The molecule has 0 spiro atoms. The van der Waals surface area contributed by atoms with Crippen LogP contribution in [-0.4, -0.2) is 16.8 Å². The molecule has 6 nitrogen and oxygen atoms in total. The molecule has 0 aromatic heterocycles. The highest BCUT2D eigenvalue weighted by molar-refractivity contribution is 7.89. The fourth-order valence-electron chi connectivity index (χ4n) is 6.25. The van der Waals surface area contributed by atoms with Crippen LogP contribution in [0.15, 0.2) is 94.7 Å². The molecule has 2 aliphatic carbocycles. The van der Waals surface area contributed by atoms with E-state index in [1.807, 2.05) is 0 Å². The first-order chi connectivity index (χ1) is 23.5. The Morgan fingerprint density at radius 3 is 1.24 bits per heavy atom. The lowest BCUT2D eigenvalue weighted by atomic mass is 9.96. The van der Waals surface area contributed by atoms with Gasteiger partial charge in [-0.25, -0.2) is 49.1 Å². The lowest BCUT2D eigenvalue weighted by Crippen LogP contribution is -2.11. The summed E-state index contributed by atoms with van der Waals surface area (Å²) in [5.41, 5.74) is 6.03. The third-order valence-corrected chi connectivity index (χ3v) is 10.9. The first-order valence-electron chi connectivity index (χ1n) is 15.4. The maximum absolute atomic E-state index is 13.5. The second-order valence-electron chi connectivity index (χ2n) is 11.8. The molecule has 4 N–H and O–H groups in total. The number of alkyl halides is 4. The van der Waals surface area contributed by atoms with Crippen molar-refractivity contribution in [1.82, 2.24) is 0 Å². The lowest BCUT2D eigenvalue weighted by molar-refractivity contribution is 0.146. The van der Waals surface area contributed by atoms with Gasteiger partial charge >= 0.3 is 0 Å². The van der Waals surface area contributed by atoms with Crippen molar-refractivity contribution in [1.29, 1.82) is 0 Å². The molecule has 4 aromatic rings. The Bertz CT molecular complexity index is 2030. The summed E-state index contributed by atoms with van der Waals surface area (Å²) in [4.78, 5) is 0.0565. The molecule has 14 heteroatoms. The number of primary sulfonamides is 2. The van der Waals surface area contributed by atoms with Gasteiger partial charge < -0.3 is 0 Å². The summed E-state index contributed by atoms with van der Waals surface area (Å²) >= 11 is 5.85. The van der Waals surface area contributed by atoms with Gasteiger partial charge in [0.15, 0.2) is 0 Å². The van der Waals surface area contributed by atoms with Gasteiger partial charge in [-0.15, -0.1) is 0 Å². The van der Waals surface area contributed by atoms with Crippen LogP contribution in [-0.2, 0) is 20.0 Å². The first kappa shape index (κ1) is 37.4. The predicted octanol–water partition coefficient (Wildman–Crippen LogP) is 9.53. The van der Waals surface area contributed by atoms with Crippen LogP contribution in [0.1, 0.15) is 84.8 Å². The Hall–Kier alpha value is -3.88. The Kier molecular flexibility index (Phi) is 11.3. The number of sulfonamides is 2. The molecule has 0 saturated heterocycles. The molecule has 0 fully saturated rings. The van der Waals surface area contributed by atoms with Crippen LogP contribution in [0.4, 0.5) is 22.0 Å². The summed E-state index contributed by atoms with van der Waals surface area (Å²) in [5, 5.41) is 10.3. The number of allylic oxidation sites excluding steroid dienone is 4. The van der Waals surface area contributed by atoms with Crippen LogP contribution in [0.3, 0.4) is 0 Å². The van der Waals surface area contributed by atoms with E-state index in [0.717, 1.165) is 77.2 Å². The number of hydrogen-bond acceptors (Lipinski definition) is 4. The van der Waals surface area contributed by atoms with E-state index < -0.39 is 44.3 Å². The van der Waals surface area contributed by atoms with E-state index in [1.165, 1.54) is 48.5 Å². The minimum atomic E-state index is -3.77. The molecule has 0 aliphatic heterocycles. The van der Waals surface area contributed by atoms with Gasteiger partial charge in [0, 0.05) is 10.6 Å². The third kappa shape index (κ3) is 8.52. The van der Waals surface area contributed by atoms with Crippen molar-refractivity contribution in [2.45, 2.75) is 61.2 Å². The summed E-state index contributed by atoms with van der Waals surface area (Å²) in [6.45, 7) is 0. The van der Waals surface area contributed by atoms with E-state index in [1.54, 1.807) is 30.3 Å². The van der Waals surface area contributed by atoms with E-state index in [9.17, 15) is 38.8 Å². The summed E-state index contributed by atoms with van der Waals surface area (Å²) in [6, 6.07) is 20.9. The van der Waals surface area contributed by atoms with Crippen molar-refractivity contribution in [3.8, 4) is 0 Å². The molecule has 0 unspecified atom stereocenters. The highest BCUT2D eigenvalue weighted by Crippen LogP contribution is 2.42. The Morgan fingerprint density at radius 2 is 0.860 bits per heavy atom. The number of halogens is 6. The molecule has 6 rings (SSSR count).